The molecule has 1 saturated heterocycles. The van der Waals surface area contributed by atoms with Crippen LogP contribution in [0.3, 0.4) is 0 Å². The highest BCUT2D eigenvalue weighted by molar-refractivity contribution is 5.96. The highest BCUT2D eigenvalue weighted by Crippen LogP contribution is 2.31. The normalized spacial score (nSPS) is 17.0. The Bertz CT molecular complexity index is 759. The average molecular weight is 341 g/mol. The van der Waals surface area contributed by atoms with E-state index in [4.69, 9.17) is 0 Å². The van der Waals surface area contributed by atoms with Crippen molar-refractivity contribution in [2.24, 2.45) is 0 Å². The van der Waals surface area contributed by atoms with Crippen LogP contribution in [0.1, 0.15) is 49.4 Å². The van der Waals surface area contributed by atoms with E-state index >= 15 is 0 Å². The molecule has 1 amide bonds. The first-order valence-electron chi connectivity index (χ1n) is 9.00. The van der Waals surface area contributed by atoms with Crippen LogP contribution in [-0.2, 0) is 0 Å². The van der Waals surface area contributed by atoms with Gasteiger partial charge in [0.15, 0.2) is 0 Å². The molecule has 1 fully saturated rings. The second kappa shape index (κ2) is 7.68. The number of unbranched alkanes of at least 4 members (excludes halogenated alkanes) is 1. The van der Waals surface area contributed by atoms with Crippen molar-refractivity contribution in [1.82, 2.24) is 4.90 Å². The molecule has 1 heterocycles. The molecule has 25 heavy (non-hydrogen) atoms. The van der Waals surface area contributed by atoms with Crippen molar-refractivity contribution in [2.45, 2.75) is 45.1 Å². The van der Waals surface area contributed by atoms with E-state index in [0.29, 0.717) is 22.7 Å². The van der Waals surface area contributed by atoms with Crippen LogP contribution in [0.2, 0.25) is 0 Å². The number of phenolic OH excluding ortho intramolecular Hbond substituents is 1. The van der Waals surface area contributed by atoms with E-state index in [-0.39, 0.29) is 11.7 Å². The summed E-state index contributed by atoms with van der Waals surface area (Å²) in [7, 11) is 0. The molecule has 132 valence electrons. The van der Waals surface area contributed by atoms with Crippen molar-refractivity contribution < 1.29 is 14.3 Å². The Labute approximate surface area is 148 Å². The molecule has 3 rings (SSSR count). The number of carbonyl (C=O) groups is 1. The Hall–Kier alpha value is -2.36. The molecule has 1 aliphatic heterocycles. The number of benzene rings is 2. The van der Waals surface area contributed by atoms with Crippen LogP contribution in [0.4, 0.5) is 4.39 Å². The summed E-state index contributed by atoms with van der Waals surface area (Å²) in [6, 6.07) is 11.5. The van der Waals surface area contributed by atoms with E-state index in [1.807, 2.05) is 23.1 Å². The van der Waals surface area contributed by atoms with Crippen LogP contribution in [0.5, 0.6) is 5.75 Å². The fraction of sp³-hybridized carbons (Fsp3) is 0.381. The molecular weight excluding hydrogens is 317 g/mol. The van der Waals surface area contributed by atoms with Crippen LogP contribution < -0.4 is 0 Å². The quantitative estimate of drug-likeness (QED) is 0.832. The largest absolute Gasteiger partial charge is 0.507 e. The van der Waals surface area contributed by atoms with Crippen LogP contribution in [0.25, 0.3) is 11.1 Å². The van der Waals surface area contributed by atoms with Gasteiger partial charge in [0.1, 0.15) is 11.6 Å². The van der Waals surface area contributed by atoms with Gasteiger partial charge < -0.3 is 10.0 Å². The van der Waals surface area contributed by atoms with Crippen LogP contribution in [0, 0.1) is 5.82 Å². The van der Waals surface area contributed by atoms with Crippen molar-refractivity contribution in [2.75, 3.05) is 6.54 Å². The minimum Gasteiger partial charge on any atom is -0.507 e. The molecule has 0 spiro atoms. The third-order valence-corrected chi connectivity index (χ3v) is 4.91. The van der Waals surface area contributed by atoms with Gasteiger partial charge in [-0.05, 0) is 49.1 Å². The number of rotatable bonds is 5. The molecule has 0 aromatic heterocycles. The molecule has 0 saturated carbocycles. The van der Waals surface area contributed by atoms with E-state index in [9.17, 15) is 14.3 Å². The van der Waals surface area contributed by atoms with Gasteiger partial charge in [0, 0.05) is 29.8 Å². The number of likely N-dealkylation sites (tertiary alicyclic amines) is 1. The minimum absolute atomic E-state index is 0.0436. The van der Waals surface area contributed by atoms with Gasteiger partial charge in [-0.1, -0.05) is 31.9 Å². The Morgan fingerprint density at radius 1 is 1.28 bits per heavy atom. The van der Waals surface area contributed by atoms with Gasteiger partial charge in [0.2, 0.25) is 0 Å². The van der Waals surface area contributed by atoms with E-state index in [0.717, 1.165) is 44.7 Å². The zero-order valence-corrected chi connectivity index (χ0v) is 14.5. The third kappa shape index (κ3) is 3.84. The molecule has 1 atom stereocenters. The number of halogens is 1. The van der Waals surface area contributed by atoms with E-state index in [2.05, 4.69) is 6.92 Å². The summed E-state index contributed by atoms with van der Waals surface area (Å²) in [5, 5.41) is 9.99. The molecule has 0 unspecified atom stereocenters. The van der Waals surface area contributed by atoms with Gasteiger partial charge >= 0.3 is 0 Å². The topological polar surface area (TPSA) is 40.5 Å². The Morgan fingerprint density at radius 3 is 2.88 bits per heavy atom. The monoisotopic (exact) mass is 341 g/mol. The molecule has 0 bridgehead atoms. The van der Waals surface area contributed by atoms with Crippen molar-refractivity contribution in [3.8, 4) is 16.9 Å². The van der Waals surface area contributed by atoms with Crippen LogP contribution in [0.15, 0.2) is 42.5 Å². The maximum Gasteiger partial charge on any atom is 0.254 e. The molecule has 1 N–H and O–H groups in total. The number of hydrogen-bond donors (Lipinski definition) is 1. The van der Waals surface area contributed by atoms with Gasteiger partial charge in [-0.15, -0.1) is 0 Å². The summed E-state index contributed by atoms with van der Waals surface area (Å²) in [5.41, 5.74) is 1.86. The van der Waals surface area contributed by atoms with E-state index in [1.165, 1.54) is 12.1 Å². The molecular formula is C21H24FNO2. The van der Waals surface area contributed by atoms with Crippen molar-refractivity contribution in [3.05, 3.63) is 53.8 Å². The van der Waals surface area contributed by atoms with E-state index in [1.54, 1.807) is 6.07 Å². The third-order valence-electron chi connectivity index (χ3n) is 4.91. The number of phenols is 1. The first-order valence-corrected chi connectivity index (χ1v) is 9.00. The summed E-state index contributed by atoms with van der Waals surface area (Å²) >= 11 is 0. The lowest BCUT2D eigenvalue weighted by Crippen LogP contribution is -2.35. The number of nitrogens with zero attached hydrogens (tertiary/aromatic N) is 1. The van der Waals surface area contributed by atoms with Gasteiger partial charge in [-0.3, -0.25) is 4.79 Å². The minimum atomic E-state index is -0.482. The lowest BCUT2D eigenvalue weighted by atomic mass is 10.0. The maximum atomic E-state index is 13.2. The zero-order chi connectivity index (χ0) is 17.8. The summed E-state index contributed by atoms with van der Waals surface area (Å²) in [4.78, 5) is 14.9. The first kappa shape index (κ1) is 17.5. The predicted octanol–water partition coefficient (Wildman–Crippen LogP) is 4.99. The lowest BCUT2D eigenvalue weighted by Gasteiger charge is -2.25. The Morgan fingerprint density at radius 2 is 2.12 bits per heavy atom. The fourth-order valence-electron chi connectivity index (χ4n) is 3.58. The number of hydrogen-bond acceptors (Lipinski definition) is 2. The molecule has 0 aliphatic carbocycles. The highest BCUT2D eigenvalue weighted by Gasteiger charge is 2.28. The van der Waals surface area contributed by atoms with Crippen molar-refractivity contribution in [3.63, 3.8) is 0 Å². The highest BCUT2D eigenvalue weighted by atomic mass is 19.1. The molecule has 0 radical (unpaired) electrons. The smallest absolute Gasteiger partial charge is 0.254 e. The number of carbonyl (C=O) groups excluding carboxylic acids is 1. The molecule has 1 aliphatic rings. The molecule has 2 aromatic rings. The second-order valence-electron chi connectivity index (χ2n) is 6.68. The number of amides is 1. The van der Waals surface area contributed by atoms with Gasteiger partial charge in [-0.2, -0.15) is 0 Å². The molecule has 2 aromatic carbocycles. The van der Waals surface area contributed by atoms with Crippen molar-refractivity contribution in [1.29, 1.82) is 0 Å². The Balaban J connectivity index is 1.84. The van der Waals surface area contributed by atoms with Gasteiger partial charge in [-0.25, -0.2) is 4.39 Å². The summed E-state index contributed by atoms with van der Waals surface area (Å²) in [6.45, 7) is 2.97. The fourth-order valence-corrected chi connectivity index (χ4v) is 3.58. The summed E-state index contributed by atoms with van der Waals surface area (Å²) in [5.74, 6) is -0.557. The molecule has 3 nitrogen and oxygen atoms in total. The average Bonchev–Trinajstić information content (AvgIpc) is 3.08. The van der Waals surface area contributed by atoms with Gasteiger partial charge in [0.05, 0.1) is 0 Å². The number of aromatic hydroxyl groups is 1. The maximum absolute atomic E-state index is 13.2. The summed E-state index contributed by atoms with van der Waals surface area (Å²) < 4.78 is 13.2. The van der Waals surface area contributed by atoms with Crippen LogP contribution in [-0.4, -0.2) is 28.5 Å². The lowest BCUT2D eigenvalue weighted by molar-refractivity contribution is 0.0729. The standard InChI is InChI=1S/C21H24FNO2/c1-2-3-8-18-9-5-12-23(18)21(25)16-7-4-6-15(13-16)19-11-10-17(22)14-20(19)24/h4,6-7,10-11,13-14,18,24H,2-3,5,8-9,12H2,1H3/t18-/m1/s1. The Kier molecular flexibility index (Phi) is 5.37. The second-order valence-corrected chi connectivity index (χ2v) is 6.68. The van der Waals surface area contributed by atoms with Gasteiger partial charge in [0.25, 0.3) is 5.91 Å². The first-order chi connectivity index (χ1) is 12.1. The predicted molar refractivity (Wildman–Crippen MR) is 97.1 cm³/mol. The van der Waals surface area contributed by atoms with E-state index < -0.39 is 5.82 Å². The SMILES string of the molecule is CCCC[C@@H]1CCCN1C(=O)c1cccc(-c2ccc(F)cc2O)c1. The zero-order valence-electron chi connectivity index (χ0n) is 14.5. The van der Waals surface area contributed by atoms with Crippen molar-refractivity contribution >= 4 is 5.91 Å². The molecule has 4 heteroatoms. The van der Waals surface area contributed by atoms with Crippen LogP contribution >= 0.6 is 0 Å². The summed E-state index contributed by atoms with van der Waals surface area (Å²) in [6.07, 6.45) is 5.46.